The molecule has 0 fully saturated rings. The first-order chi connectivity index (χ1) is 8.99. The second kappa shape index (κ2) is 6.35. The zero-order valence-corrected chi connectivity index (χ0v) is 14.1. The van der Waals surface area contributed by atoms with Crippen LogP contribution in [0.5, 0.6) is 0 Å². The Morgan fingerprint density at radius 1 is 1.26 bits per heavy atom. The molecule has 19 heavy (non-hydrogen) atoms. The number of pyridine rings is 1. The third kappa shape index (κ3) is 3.57. The molecule has 6 heteroatoms. The Morgan fingerprint density at radius 2 is 2.00 bits per heavy atom. The van der Waals surface area contributed by atoms with Crippen LogP contribution < -0.4 is 0 Å². The summed E-state index contributed by atoms with van der Waals surface area (Å²) in [4.78, 5) is 16.3. The lowest BCUT2D eigenvalue weighted by atomic mass is 10.1. The normalized spacial score (nSPS) is 10.5. The van der Waals surface area contributed by atoms with Crippen molar-refractivity contribution in [2.75, 3.05) is 0 Å². The Kier molecular flexibility index (Phi) is 5.01. The Labute approximate surface area is 137 Å². The van der Waals surface area contributed by atoms with Crippen LogP contribution in [0.2, 0.25) is 10.0 Å². The van der Waals surface area contributed by atoms with E-state index in [4.69, 9.17) is 23.2 Å². The third-order valence-electron chi connectivity index (χ3n) is 2.45. The highest BCUT2D eigenvalue weighted by Gasteiger charge is 2.15. The quantitative estimate of drug-likeness (QED) is 0.624. The van der Waals surface area contributed by atoms with Crippen molar-refractivity contribution >= 4 is 60.8 Å². The zero-order chi connectivity index (χ0) is 14.0. The minimum atomic E-state index is -0.122. The first-order valence-corrected chi connectivity index (χ1v) is 7.60. The molecular weight excluding hydrogens is 417 g/mol. The van der Waals surface area contributed by atoms with E-state index in [0.717, 1.165) is 4.47 Å². The monoisotopic (exact) mass is 421 g/mol. The summed E-state index contributed by atoms with van der Waals surface area (Å²) in [5.74, 6) is -0.122. The van der Waals surface area contributed by atoms with E-state index in [-0.39, 0.29) is 12.2 Å². The predicted molar refractivity (Wildman–Crippen MR) is 84.1 cm³/mol. The van der Waals surface area contributed by atoms with Crippen molar-refractivity contribution in [3.05, 3.63) is 60.7 Å². The maximum absolute atomic E-state index is 12.2. The molecule has 1 aromatic carbocycles. The zero-order valence-electron chi connectivity index (χ0n) is 9.46. The topological polar surface area (TPSA) is 30.0 Å². The Balaban J connectivity index is 2.28. The molecule has 0 spiro atoms. The molecule has 1 aromatic heterocycles. The van der Waals surface area contributed by atoms with Gasteiger partial charge in [-0.2, -0.15) is 0 Å². The van der Waals surface area contributed by atoms with E-state index in [1.54, 1.807) is 30.5 Å². The molecule has 0 aliphatic carbocycles. The van der Waals surface area contributed by atoms with Gasteiger partial charge in [0, 0.05) is 21.6 Å². The van der Waals surface area contributed by atoms with E-state index < -0.39 is 0 Å². The van der Waals surface area contributed by atoms with Gasteiger partial charge in [0.15, 0.2) is 5.78 Å². The number of carbonyl (C=O) groups is 1. The second-order valence-electron chi connectivity index (χ2n) is 3.80. The summed E-state index contributed by atoms with van der Waals surface area (Å²) in [5, 5.41) is 0.848. The van der Waals surface area contributed by atoms with E-state index in [1.807, 2.05) is 0 Å². The molecule has 0 atom stereocenters. The number of rotatable bonds is 3. The van der Waals surface area contributed by atoms with Crippen molar-refractivity contribution in [1.29, 1.82) is 0 Å². The number of hydrogen-bond donors (Lipinski definition) is 0. The molecule has 0 unspecified atom stereocenters. The fourth-order valence-electron chi connectivity index (χ4n) is 1.56. The average molecular weight is 424 g/mol. The summed E-state index contributed by atoms with van der Waals surface area (Å²) < 4.78 is 1.45. The maximum Gasteiger partial charge on any atom is 0.186 e. The Morgan fingerprint density at radius 3 is 2.68 bits per heavy atom. The van der Waals surface area contributed by atoms with Crippen LogP contribution in [-0.2, 0) is 6.42 Å². The van der Waals surface area contributed by atoms with Crippen molar-refractivity contribution in [2.24, 2.45) is 0 Å². The summed E-state index contributed by atoms with van der Waals surface area (Å²) in [7, 11) is 0. The lowest BCUT2D eigenvalue weighted by Crippen LogP contribution is -2.07. The van der Waals surface area contributed by atoms with Crippen LogP contribution in [0.25, 0.3) is 0 Å². The smallest absolute Gasteiger partial charge is 0.186 e. The van der Waals surface area contributed by atoms with Crippen LogP contribution in [0.3, 0.4) is 0 Å². The van der Waals surface area contributed by atoms with Crippen LogP contribution >= 0.6 is 55.1 Å². The maximum atomic E-state index is 12.2. The highest BCUT2D eigenvalue weighted by atomic mass is 79.9. The SMILES string of the molecule is O=C(Cc1cccc(Cl)c1Cl)c1ncc(Br)cc1Br. The number of ketones is 1. The molecule has 0 saturated carbocycles. The Hall–Kier alpha value is -0.420. The highest BCUT2D eigenvalue weighted by Crippen LogP contribution is 2.27. The molecule has 2 rings (SSSR count). The fraction of sp³-hybridized carbons (Fsp3) is 0.0769. The number of benzene rings is 1. The molecule has 0 radical (unpaired) electrons. The van der Waals surface area contributed by atoms with Gasteiger partial charge in [0.2, 0.25) is 0 Å². The van der Waals surface area contributed by atoms with Gasteiger partial charge in [-0.05, 0) is 49.6 Å². The van der Waals surface area contributed by atoms with Crippen LogP contribution in [0, 0.1) is 0 Å². The van der Waals surface area contributed by atoms with Crippen LogP contribution in [0.1, 0.15) is 16.1 Å². The van der Waals surface area contributed by atoms with Crippen molar-refractivity contribution in [1.82, 2.24) is 4.98 Å². The average Bonchev–Trinajstić information content (AvgIpc) is 2.34. The highest BCUT2D eigenvalue weighted by molar-refractivity contribution is 9.11. The van der Waals surface area contributed by atoms with E-state index >= 15 is 0 Å². The van der Waals surface area contributed by atoms with E-state index in [9.17, 15) is 4.79 Å². The van der Waals surface area contributed by atoms with Crippen molar-refractivity contribution in [3.8, 4) is 0 Å². The molecule has 0 saturated heterocycles. The fourth-order valence-corrected chi connectivity index (χ4v) is 3.16. The van der Waals surface area contributed by atoms with Gasteiger partial charge in [-0.1, -0.05) is 35.3 Å². The van der Waals surface area contributed by atoms with Gasteiger partial charge in [0.1, 0.15) is 5.69 Å². The van der Waals surface area contributed by atoms with E-state index in [0.29, 0.717) is 25.8 Å². The molecule has 0 bridgehead atoms. The first kappa shape index (κ1) is 15.0. The molecule has 2 aromatic rings. The Bertz CT molecular complexity index is 647. The van der Waals surface area contributed by atoms with Gasteiger partial charge in [0.05, 0.1) is 10.0 Å². The second-order valence-corrected chi connectivity index (χ2v) is 6.35. The number of nitrogens with zero attached hydrogens (tertiary/aromatic N) is 1. The van der Waals surface area contributed by atoms with Crippen LogP contribution in [0.4, 0.5) is 0 Å². The number of aromatic nitrogens is 1. The summed E-state index contributed by atoms with van der Waals surface area (Å²) in [6.45, 7) is 0. The van der Waals surface area contributed by atoms with Gasteiger partial charge < -0.3 is 0 Å². The standard InChI is InChI=1S/C13H7Br2Cl2NO/c14-8-5-9(15)13(18-6-8)11(19)4-7-2-1-3-10(16)12(7)17/h1-3,5-6H,4H2. The minimum absolute atomic E-state index is 0.122. The number of hydrogen-bond acceptors (Lipinski definition) is 2. The van der Waals surface area contributed by atoms with Crippen LogP contribution in [0.15, 0.2) is 39.4 Å². The van der Waals surface area contributed by atoms with E-state index in [2.05, 4.69) is 36.8 Å². The lowest BCUT2D eigenvalue weighted by molar-refractivity contribution is 0.0987. The molecule has 1 heterocycles. The van der Waals surface area contributed by atoms with Crippen molar-refractivity contribution < 1.29 is 4.79 Å². The number of Topliss-reactive ketones (excluding diaryl/α,β-unsaturated/α-hetero) is 1. The largest absolute Gasteiger partial charge is 0.292 e. The third-order valence-corrected chi connectivity index (χ3v) is 4.35. The van der Waals surface area contributed by atoms with Crippen LogP contribution in [-0.4, -0.2) is 10.8 Å². The van der Waals surface area contributed by atoms with Crippen molar-refractivity contribution in [2.45, 2.75) is 6.42 Å². The molecule has 0 amide bonds. The summed E-state index contributed by atoms with van der Waals surface area (Å²) in [6, 6.07) is 7.01. The molecular formula is C13H7Br2Cl2NO. The summed E-state index contributed by atoms with van der Waals surface area (Å²) in [6.07, 6.45) is 1.74. The molecule has 0 aliphatic heterocycles. The molecule has 0 N–H and O–H groups in total. The lowest BCUT2D eigenvalue weighted by Gasteiger charge is -2.06. The molecule has 98 valence electrons. The van der Waals surface area contributed by atoms with Gasteiger partial charge >= 0.3 is 0 Å². The van der Waals surface area contributed by atoms with Gasteiger partial charge in [-0.25, -0.2) is 0 Å². The van der Waals surface area contributed by atoms with E-state index in [1.165, 1.54) is 0 Å². The van der Waals surface area contributed by atoms with Crippen molar-refractivity contribution in [3.63, 3.8) is 0 Å². The minimum Gasteiger partial charge on any atom is -0.292 e. The van der Waals surface area contributed by atoms with Gasteiger partial charge in [0.25, 0.3) is 0 Å². The summed E-state index contributed by atoms with van der Waals surface area (Å²) in [5.41, 5.74) is 1.06. The number of carbonyl (C=O) groups excluding carboxylic acids is 1. The molecule has 2 nitrogen and oxygen atoms in total. The molecule has 0 aliphatic rings. The number of halogens is 4. The first-order valence-electron chi connectivity index (χ1n) is 5.26. The predicted octanol–water partition coefficient (Wildman–Crippen LogP) is 5.34. The van der Waals surface area contributed by atoms with Gasteiger partial charge in [-0.3, -0.25) is 9.78 Å². The van der Waals surface area contributed by atoms with Gasteiger partial charge in [-0.15, -0.1) is 0 Å². The summed E-state index contributed by atoms with van der Waals surface area (Å²) >= 11 is 18.6.